The van der Waals surface area contributed by atoms with Gasteiger partial charge in [-0.15, -0.1) is 0 Å². The summed E-state index contributed by atoms with van der Waals surface area (Å²) in [5.41, 5.74) is -0.347. The summed E-state index contributed by atoms with van der Waals surface area (Å²) in [5.74, 6) is 0.0107. The van der Waals surface area contributed by atoms with E-state index in [-0.39, 0.29) is 17.1 Å². The largest absolute Gasteiger partial charge is 0.490 e. The van der Waals surface area contributed by atoms with Crippen LogP contribution in [-0.4, -0.2) is 36.2 Å². The van der Waals surface area contributed by atoms with E-state index < -0.39 is 24.0 Å². The van der Waals surface area contributed by atoms with Crippen LogP contribution in [0.15, 0.2) is 18.2 Å². The number of nitro benzene ring substituents is 1. The number of nitro groups is 1. The number of nitrogens with zero attached hydrogens (tertiary/aromatic N) is 1. The Labute approximate surface area is 101 Å². The molecule has 1 aromatic rings. The Morgan fingerprint density at radius 3 is 2.72 bits per heavy atom. The molecule has 0 spiro atoms. The van der Waals surface area contributed by atoms with Crippen LogP contribution < -0.4 is 10.1 Å². The van der Waals surface area contributed by atoms with Crippen molar-refractivity contribution < 1.29 is 23.5 Å². The summed E-state index contributed by atoms with van der Waals surface area (Å²) in [5, 5.41) is 22.2. The first-order chi connectivity index (χ1) is 8.47. The van der Waals surface area contributed by atoms with Crippen LogP contribution in [0.1, 0.15) is 0 Å². The highest BCUT2D eigenvalue weighted by atomic mass is 19.3. The fourth-order valence-electron chi connectivity index (χ4n) is 1.32. The third-order valence-electron chi connectivity index (χ3n) is 2.19. The topological polar surface area (TPSA) is 84.6 Å². The van der Waals surface area contributed by atoms with Crippen LogP contribution in [0.5, 0.6) is 5.75 Å². The van der Waals surface area contributed by atoms with Crippen molar-refractivity contribution in [1.29, 1.82) is 0 Å². The highest BCUT2D eigenvalue weighted by Crippen LogP contribution is 2.34. The van der Waals surface area contributed by atoms with E-state index in [4.69, 9.17) is 9.84 Å². The number of methoxy groups -OCH3 is 1. The first-order valence-electron chi connectivity index (χ1n) is 4.98. The molecular weight excluding hydrogens is 250 g/mol. The number of ether oxygens (including phenoxy) is 1. The van der Waals surface area contributed by atoms with Gasteiger partial charge in [0.1, 0.15) is 11.8 Å². The van der Waals surface area contributed by atoms with Crippen molar-refractivity contribution in [2.75, 3.05) is 19.0 Å². The van der Waals surface area contributed by atoms with E-state index >= 15 is 0 Å². The number of halogens is 2. The Morgan fingerprint density at radius 2 is 2.22 bits per heavy atom. The molecule has 0 aromatic heterocycles. The van der Waals surface area contributed by atoms with Crippen LogP contribution >= 0.6 is 0 Å². The van der Waals surface area contributed by atoms with Gasteiger partial charge in [0.05, 0.1) is 12.0 Å². The highest BCUT2D eigenvalue weighted by molar-refractivity contribution is 5.68. The smallest absolute Gasteiger partial charge is 0.333 e. The van der Waals surface area contributed by atoms with Gasteiger partial charge in [0, 0.05) is 6.54 Å². The van der Waals surface area contributed by atoms with Crippen LogP contribution in [0.4, 0.5) is 20.2 Å². The molecule has 0 heterocycles. The molecule has 8 heteroatoms. The average molecular weight is 262 g/mol. The van der Waals surface area contributed by atoms with E-state index in [0.29, 0.717) is 0 Å². The van der Waals surface area contributed by atoms with Crippen molar-refractivity contribution in [3.05, 3.63) is 28.3 Å². The molecule has 0 saturated carbocycles. The molecular formula is C10H12F2N2O4. The maximum Gasteiger partial charge on any atom is 0.333 e. The molecule has 0 fully saturated rings. The Kier molecular flexibility index (Phi) is 4.78. The molecule has 0 saturated heterocycles. The van der Waals surface area contributed by atoms with Gasteiger partial charge in [0.2, 0.25) is 0 Å². The van der Waals surface area contributed by atoms with Crippen LogP contribution in [-0.2, 0) is 0 Å². The predicted molar refractivity (Wildman–Crippen MR) is 60.1 cm³/mol. The predicted octanol–water partition coefficient (Wildman–Crippen LogP) is 1.64. The normalized spacial score (nSPS) is 12.3. The van der Waals surface area contributed by atoms with E-state index in [0.717, 1.165) is 0 Å². The lowest BCUT2D eigenvalue weighted by Gasteiger charge is -2.12. The van der Waals surface area contributed by atoms with Crippen LogP contribution in [0, 0.1) is 10.1 Å². The zero-order valence-electron chi connectivity index (χ0n) is 9.47. The lowest BCUT2D eigenvalue weighted by Crippen LogP contribution is -2.27. The number of anilines is 1. The molecule has 1 rings (SSSR count). The standard InChI is InChI=1S/C10H12F2N2O4/c1-18-8-4-2-3-6(9(8)14(16)17)13-5-7(15)10(11)12/h2-4,7,10,13,15H,5H2,1H3. The number of aliphatic hydroxyl groups excluding tert-OH is 1. The maximum atomic E-state index is 12.1. The maximum absolute atomic E-state index is 12.1. The van der Waals surface area contributed by atoms with Crippen molar-refractivity contribution >= 4 is 11.4 Å². The molecule has 18 heavy (non-hydrogen) atoms. The lowest BCUT2D eigenvalue weighted by molar-refractivity contribution is -0.384. The third kappa shape index (κ3) is 3.27. The van der Waals surface area contributed by atoms with Crippen molar-refractivity contribution in [1.82, 2.24) is 0 Å². The molecule has 0 amide bonds. The van der Waals surface area contributed by atoms with E-state index in [9.17, 15) is 18.9 Å². The van der Waals surface area contributed by atoms with Crippen molar-refractivity contribution in [2.45, 2.75) is 12.5 Å². The Bertz CT molecular complexity index is 428. The number of aliphatic hydroxyl groups is 1. The number of nitrogens with one attached hydrogen (secondary N) is 1. The van der Waals surface area contributed by atoms with Gasteiger partial charge in [-0.2, -0.15) is 0 Å². The number of alkyl halides is 2. The summed E-state index contributed by atoms with van der Waals surface area (Å²) in [6.07, 6.45) is -4.81. The molecule has 0 aliphatic rings. The van der Waals surface area contributed by atoms with Crippen molar-refractivity contribution in [3.8, 4) is 5.75 Å². The summed E-state index contributed by atoms with van der Waals surface area (Å²) < 4.78 is 29.0. The molecule has 1 atom stereocenters. The first kappa shape index (κ1) is 14.1. The van der Waals surface area contributed by atoms with E-state index in [1.165, 1.54) is 25.3 Å². The Hall–Kier alpha value is -1.96. The number of hydrogen-bond acceptors (Lipinski definition) is 5. The number of benzene rings is 1. The highest BCUT2D eigenvalue weighted by Gasteiger charge is 2.22. The SMILES string of the molecule is COc1cccc(NCC(O)C(F)F)c1[N+](=O)[O-]. The fourth-order valence-corrected chi connectivity index (χ4v) is 1.32. The second-order valence-corrected chi connectivity index (χ2v) is 3.40. The molecule has 0 aliphatic carbocycles. The zero-order valence-corrected chi connectivity index (χ0v) is 9.47. The minimum Gasteiger partial charge on any atom is -0.490 e. The summed E-state index contributed by atoms with van der Waals surface area (Å²) in [7, 11) is 1.26. The molecule has 1 unspecified atom stereocenters. The third-order valence-corrected chi connectivity index (χ3v) is 2.19. The minimum atomic E-state index is -2.91. The number of rotatable bonds is 6. The molecule has 2 N–H and O–H groups in total. The monoisotopic (exact) mass is 262 g/mol. The second kappa shape index (κ2) is 6.10. The molecule has 0 radical (unpaired) electrons. The quantitative estimate of drug-likeness (QED) is 0.601. The molecule has 0 aliphatic heterocycles. The van der Waals surface area contributed by atoms with Crippen LogP contribution in [0.3, 0.4) is 0 Å². The second-order valence-electron chi connectivity index (χ2n) is 3.40. The van der Waals surface area contributed by atoms with E-state index in [1.54, 1.807) is 0 Å². The lowest BCUT2D eigenvalue weighted by atomic mass is 10.2. The van der Waals surface area contributed by atoms with Gasteiger partial charge in [0.25, 0.3) is 6.43 Å². The van der Waals surface area contributed by atoms with Crippen LogP contribution in [0.2, 0.25) is 0 Å². The van der Waals surface area contributed by atoms with Gasteiger partial charge in [0.15, 0.2) is 5.75 Å². The van der Waals surface area contributed by atoms with Crippen molar-refractivity contribution in [2.24, 2.45) is 0 Å². The summed E-state index contributed by atoms with van der Waals surface area (Å²) in [6.45, 7) is -0.494. The zero-order chi connectivity index (χ0) is 13.7. The van der Waals surface area contributed by atoms with Gasteiger partial charge in [-0.25, -0.2) is 8.78 Å². The fraction of sp³-hybridized carbons (Fsp3) is 0.400. The molecule has 0 bridgehead atoms. The van der Waals surface area contributed by atoms with Gasteiger partial charge < -0.3 is 15.2 Å². The van der Waals surface area contributed by atoms with Gasteiger partial charge in [-0.1, -0.05) is 6.07 Å². The average Bonchev–Trinajstić information content (AvgIpc) is 2.34. The van der Waals surface area contributed by atoms with Gasteiger partial charge in [-0.3, -0.25) is 10.1 Å². The first-order valence-corrected chi connectivity index (χ1v) is 4.98. The van der Waals surface area contributed by atoms with Crippen LogP contribution in [0.25, 0.3) is 0 Å². The minimum absolute atomic E-state index is 0.0107. The molecule has 6 nitrogen and oxygen atoms in total. The Morgan fingerprint density at radius 1 is 1.56 bits per heavy atom. The van der Waals surface area contributed by atoms with Crippen molar-refractivity contribution in [3.63, 3.8) is 0 Å². The number of hydrogen-bond donors (Lipinski definition) is 2. The summed E-state index contributed by atoms with van der Waals surface area (Å²) in [6, 6.07) is 4.20. The van der Waals surface area contributed by atoms with Gasteiger partial charge in [-0.05, 0) is 12.1 Å². The summed E-state index contributed by atoms with van der Waals surface area (Å²) in [4.78, 5) is 10.2. The molecule has 100 valence electrons. The Balaban J connectivity index is 2.91. The number of para-hydroxylation sites is 1. The van der Waals surface area contributed by atoms with Gasteiger partial charge >= 0.3 is 5.69 Å². The summed E-state index contributed by atoms with van der Waals surface area (Å²) >= 11 is 0. The van der Waals surface area contributed by atoms with E-state index in [2.05, 4.69) is 5.32 Å². The van der Waals surface area contributed by atoms with E-state index in [1.807, 2.05) is 0 Å². The molecule has 1 aromatic carbocycles.